The third-order valence-electron chi connectivity index (χ3n) is 6.76. The molecule has 1 atom stereocenters. The molecule has 0 aliphatic carbocycles. The van der Waals surface area contributed by atoms with Gasteiger partial charge in [0.25, 0.3) is 0 Å². The van der Waals surface area contributed by atoms with E-state index in [1.165, 1.54) is 6.92 Å². The number of ether oxygens (including phenoxy) is 1. The predicted molar refractivity (Wildman–Crippen MR) is 138 cm³/mol. The smallest absolute Gasteiger partial charge is 0.334 e. The molecule has 8 heteroatoms. The van der Waals surface area contributed by atoms with Crippen LogP contribution in [0.5, 0.6) is 11.5 Å². The van der Waals surface area contributed by atoms with Gasteiger partial charge in [0.15, 0.2) is 0 Å². The molecule has 0 saturated heterocycles. The van der Waals surface area contributed by atoms with E-state index in [9.17, 15) is 14.7 Å². The Bertz CT molecular complexity index is 891. The summed E-state index contributed by atoms with van der Waals surface area (Å²) in [6, 6.07) is 5.67. The van der Waals surface area contributed by atoms with Crippen molar-refractivity contribution >= 4 is 28.6 Å². The van der Waals surface area contributed by atoms with Gasteiger partial charge in [0, 0.05) is 18.9 Å². The van der Waals surface area contributed by atoms with Gasteiger partial charge in [-0.2, -0.15) is 0 Å². The number of carboxylic acids is 1. The lowest BCUT2D eigenvalue weighted by atomic mass is 10.0. The van der Waals surface area contributed by atoms with Crippen molar-refractivity contribution in [2.75, 3.05) is 0 Å². The van der Waals surface area contributed by atoms with E-state index < -0.39 is 34.7 Å². The van der Waals surface area contributed by atoms with Crippen LogP contribution >= 0.6 is 0 Å². The second kappa shape index (κ2) is 10.1. The number of esters is 1. The molecule has 1 aromatic rings. The Hall–Kier alpha value is -2.07. The first kappa shape index (κ1) is 29.0. The zero-order valence-electron chi connectivity index (χ0n) is 22.2. The molecule has 1 N–H and O–H groups in total. The lowest BCUT2D eigenvalue weighted by molar-refractivity contribution is -0.146. The lowest BCUT2D eigenvalue weighted by Gasteiger charge is -2.38. The van der Waals surface area contributed by atoms with E-state index in [1.54, 1.807) is 0 Å². The Morgan fingerprint density at radius 3 is 1.88 bits per heavy atom. The maximum Gasteiger partial charge on any atom is 0.334 e. The van der Waals surface area contributed by atoms with Crippen molar-refractivity contribution in [3.05, 3.63) is 35.9 Å². The molecular formula is C25H42O6Si2. The van der Waals surface area contributed by atoms with Gasteiger partial charge in [0.05, 0.1) is 5.57 Å². The summed E-state index contributed by atoms with van der Waals surface area (Å²) in [7, 11) is -4.28. The van der Waals surface area contributed by atoms with Crippen LogP contribution in [-0.4, -0.2) is 39.8 Å². The van der Waals surface area contributed by atoms with Crippen LogP contribution in [0.25, 0.3) is 0 Å². The standard InChI is InChI=1S/C25H42O6Si2/c1-17(23(27)28)22(29-18(2)26)16-19-15-20(30-32(9,10)24(3,4)5)13-14-21(19)31-33(11,12)25(6,7)8/h13-15,22H,1,16H2,2-12H3,(H,27,28). The van der Waals surface area contributed by atoms with E-state index in [1.807, 2.05) is 18.2 Å². The molecule has 0 bridgehead atoms. The van der Waals surface area contributed by atoms with Crippen LogP contribution in [0, 0.1) is 0 Å². The first-order valence-corrected chi connectivity index (χ1v) is 17.1. The molecule has 0 aliphatic heterocycles. The number of hydrogen-bond donors (Lipinski definition) is 1. The number of aliphatic carboxylic acids is 1. The molecule has 0 heterocycles. The number of rotatable bonds is 9. The van der Waals surface area contributed by atoms with Gasteiger partial charge in [-0.1, -0.05) is 48.1 Å². The summed E-state index contributed by atoms with van der Waals surface area (Å²) in [6.07, 6.45) is -0.881. The lowest BCUT2D eigenvalue weighted by Crippen LogP contribution is -2.44. The van der Waals surface area contributed by atoms with Crippen LogP contribution in [0.2, 0.25) is 36.3 Å². The number of carbonyl (C=O) groups is 2. The molecule has 0 amide bonds. The molecular weight excluding hydrogens is 452 g/mol. The van der Waals surface area contributed by atoms with E-state index in [-0.39, 0.29) is 22.1 Å². The monoisotopic (exact) mass is 494 g/mol. The van der Waals surface area contributed by atoms with Gasteiger partial charge in [-0.15, -0.1) is 0 Å². The molecule has 0 radical (unpaired) electrons. The fourth-order valence-corrected chi connectivity index (χ4v) is 4.61. The molecule has 1 unspecified atom stereocenters. The maximum absolute atomic E-state index is 11.7. The first-order valence-electron chi connectivity index (χ1n) is 11.3. The van der Waals surface area contributed by atoms with Crippen molar-refractivity contribution in [2.24, 2.45) is 0 Å². The van der Waals surface area contributed by atoms with E-state index in [4.69, 9.17) is 13.6 Å². The molecule has 1 aromatic carbocycles. The van der Waals surface area contributed by atoms with Crippen molar-refractivity contribution in [3.8, 4) is 11.5 Å². The number of hydrogen-bond acceptors (Lipinski definition) is 5. The van der Waals surface area contributed by atoms with Crippen molar-refractivity contribution in [3.63, 3.8) is 0 Å². The minimum Gasteiger partial charge on any atom is -0.543 e. The van der Waals surface area contributed by atoms with Crippen molar-refractivity contribution in [1.29, 1.82) is 0 Å². The zero-order chi connectivity index (χ0) is 26.0. The number of carbonyl (C=O) groups excluding carboxylic acids is 1. The second-order valence-electron chi connectivity index (χ2n) is 11.6. The largest absolute Gasteiger partial charge is 0.543 e. The molecule has 6 nitrogen and oxygen atoms in total. The van der Waals surface area contributed by atoms with E-state index in [0.29, 0.717) is 11.5 Å². The van der Waals surface area contributed by atoms with Crippen LogP contribution in [0.3, 0.4) is 0 Å². The molecule has 1 rings (SSSR count). The fourth-order valence-electron chi connectivity index (χ4n) is 2.53. The Kier molecular flexibility index (Phi) is 8.82. The van der Waals surface area contributed by atoms with E-state index >= 15 is 0 Å². The maximum atomic E-state index is 11.7. The summed E-state index contributed by atoms with van der Waals surface area (Å²) in [5, 5.41) is 9.46. The number of benzene rings is 1. The highest BCUT2D eigenvalue weighted by Crippen LogP contribution is 2.41. The van der Waals surface area contributed by atoms with E-state index in [2.05, 4.69) is 74.3 Å². The molecule has 0 saturated carbocycles. The minimum atomic E-state index is -2.18. The van der Waals surface area contributed by atoms with Gasteiger partial charge in [-0.3, -0.25) is 4.79 Å². The first-order chi connectivity index (χ1) is 14.7. The molecule has 0 aliphatic rings. The van der Waals surface area contributed by atoms with Gasteiger partial charge in [-0.25, -0.2) is 4.79 Å². The quantitative estimate of drug-likeness (QED) is 0.237. The number of carboxylic acid groups (broad SMARTS) is 1. The minimum absolute atomic E-state index is 0.0152. The molecule has 0 fully saturated rings. The van der Waals surface area contributed by atoms with Crippen molar-refractivity contribution in [2.45, 2.75) is 97.3 Å². The summed E-state index contributed by atoms with van der Waals surface area (Å²) in [4.78, 5) is 23.3. The summed E-state index contributed by atoms with van der Waals surface area (Å²) >= 11 is 0. The van der Waals surface area contributed by atoms with Gasteiger partial charge >= 0.3 is 11.9 Å². The Balaban J connectivity index is 3.52. The zero-order valence-corrected chi connectivity index (χ0v) is 24.2. The highest BCUT2D eigenvalue weighted by molar-refractivity contribution is 6.75. The van der Waals surface area contributed by atoms with Crippen LogP contribution < -0.4 is 8.85 Å². The van der Waals surface area contributed by atoms with E-state index in [0.717, 1.165) is 5.56 Å². The van der Waals surface area contributed by atoms with Crippen LogP contribution in [0.1, 0.15) is 54.0 Å². The Morgan fingerprint density at radius 1 is 0.970 bits per heavy atom. The highest BCUT2D eigenvalue weighted by Gasteiger charge is 2.41. The van der Waals surface area contributed by atoms with Crippen molar-refractivity contribution in [1.82, 2.24) is 0 Å². The van der Waals surface area contributed by atoms with Crippen LogP contribution in [-0.2, 0) is 20.7 Å². The van der Waals surface area contributed by atoms with Crippen LogP contribution in [0.4, 0.5) is 0 Å². The average Bonchev–Trinajstić information content (AvgIpc) is 2.59. The predicted octanol–water partition coefficient (Wildman–Crippen LogP) is 6.57. The summed E-state index contributed by atoms with van der Waals surface area (Å²) in [5.74, 6) is -0.425. The normalized spacial score (nSPS) is 13.8. The Morgan fingerprint density at radius 2 is 1.45 bits per heavy atom. The SMILES string of the molecule is C=C(C(=O)O)C(Cc1cc(O[Si](C)(C)C(C)(C)C)ccc1O[Si](C)(C)C(C)(C)C)OC(C)=O. The highest BCUT2D eigenvalue weighted by atomic mass is 28.4. The Labute approximate surface area is 201 Å². The molecule has 0 aromatic heterocycles. The fraction of sp³-hybridized carbons (Fsp3) is 0.600. The second-order valence-corrected chi connectivity index (χ2v) is 21.1. The molecule has 0 spiro atoms. The summed E-state index contributed by atoms with van der Waals surface area (Å²) in [5.41, 5.74) is 0.545. The topological polar surface area (TPSA) is 82.1 Å². The van der Waals surface area contributed by atoms with Gasteiger partial charge < -0.3 is 18.7 Å². The summed E-state index contributed by atoms with van der Waals surface area (Å²) in [6.45, 7) is 26.5. The molecule has 186 valence electrons. The third kappa shape index (κ3) is 7.74. The van der Waals surface area contributed by atoms with Gasteiger partial charge in [-0.05, 0) is 54.5 Å². The molecule has 33 heavy (non-hydrogen) atoms. The van der Waals surface area contributed by atoms with Gasteiger partial charge in [0.2, 0.25) is 16.6 Å². The van der Waals surface area contributed by atoms with Crippen LogP contribution in [0.15, 0.2) is 30.4 Å². The van der Waals surface area contributed by atoms with Crippen molar-refractivity contribution < 1.29 is 28.3 Å². The summed E-state index contributed by atoms with van der Waals surface area (Å²) < 4.78 is 18.4. The average molecular weight is 495 g/mol. The third-order valence-corrected chi connectivity index (χ3v) is 15.5. The van der Waals surface area contributed by atoms with Gasteiger partial charge in [0.1, 0.15) is 17.6 Å².